The summed E-state index contributed by atoms with van der Waals surface area (Å²) >= 11 is 7.91. The van der Waals surface area contributed by atoms with Crippen molar-refractivity contribution in [1.82, 2.24) is 10.3 Å². The molecule has 0 saturated carbocycles. The molecule has 106 valence electrons. The second kappa shape index (κ2) is 7.53. The van der Waals surface area contributed by atoms with Gasteiger partial charge in [0.15, 0.2) is 0 Å². The number of halogens is 1. The van der Waals surface area contributed by atoms with Gasteiger partial charge in [0, 0.05) is 34.8 Å². The topological polar surface area (TPSA) is 50.9 Å². The van der Waals surface area contributed by atoms with E-state index in [0.29, 0.717) is 6.04 Å². The van der Waals surface area contributed by atoms with Gasteiger partial charge in [0.1, 0.15) is 0 Å². The van der Waals surface area contributed by atoms with Gasteiger partial charge in [-0.1, -0.05) is 23.7 Å². The highest BCUT2D eigenvalue weighted by atomic mass is 35.5. The average Bonchev–Trinajstić information content (AvgIpc) is 2.47. The van der Waals surface area contributed by atoms with Crippen molar-refractivity contribution in [2.24, 2.45) is 0 Å². The van der Waals surface area contributed by atoms with Crippen LogP contribution < -0.4 is 11.1 Å². The lowest BCUT2D eigenvalue weighted by molar-refractivity contribution is 0.617. The normalized spacial score (nSPS) is 12.3. The van der Waals surface area contributed by atoms with Gasteiger partial charge in [0.25, 0.3) is 0 Å². The zero-order valence-corrected chi connectivity index (χ0v) is 12.9. The molecule has 3 N–H and O–H groups in total. The molecule has 0 saturated heterocycles. The third-order valence-corrected chi connectivity index (χ3v) is 4.77. The number of rotatable bonds is 6. The summed E-state index contributed by atoms with van der Waals surface area (Å²) in [4.78, 5) is 5.23. The van der Waals surface area contributed by atoms with Crippen molar-refractivity contribution in [2.45, 2.75) is 17.4 Å². The quantitative estimate of drug-likeness (QED) is 0.804. The van der Waals surface area contributed by atoms with E-state index in [9.17, 15) is 0 Å². The number of nitrogens with one attached hydrogen (secondary N) is 1. The summed E-state index contributed by atoms with van der Waals surface area (Å²) in [6.45, 7) is 0. The van der Waals surface area contributed by atoms with E-state index in [0.717, 1.165) is 33.3 Å². The maximum Gasteiger partial charge on any atom is 0.0541 e. The molecule has 1 aromatic carbocycles. The van der Waals surface area contributed by atoms with Crippen LogP contribution in [0.3, 0.4) is 0 Å². The first kappa shape index (κ1) is 15.2. The van der Waals surface area contributed by atoms with Crippen LogP contribution in [0.2, 0.25) is 5.02 Å². The van der Waals surface area contributed by atoms with E-state index in [4.69, 9.17) is 17.3 Å². The Morgan fingerprint density at radius 3 is 2.85 bits per heavy atom. The maximum absolute atomic E-state index is 6.17. The molecule has 2 rings (SSSR count). The maximum atomic E-state index is 6.17. The lowest BCUT2D eigenvalue weighted by Gasteiger charge is -2.17. The smallest absolute Gasteiger partial charge is 0.0541 e. The van der Waals surface area contributed by atoms with Gasteiger partial charge in [-0.05, 0) is 37.2 Å². The summed E-state index contributed by atoms with van der Waals surface area (Å²) in [6.07, 6.45) is 4.40. The van der Waals surface area contributed by atoms with E-state index in [1.165, 1.54) is 0 Å². The summed E-state index contributed by atoms with van der Waals surface area (Å²) in [5.74, 6) is 0.925. The van der Waals surface area contributed by atoms with Gasteiger partial charge >= 0.3 is 0 Å². The molecule has 0 bridgehead atoms. The zero-order chi connectivity index (χ0) is 14.4. The van der Waals surface area contributed by atoms with E-state index in [1.54, 1.807) is 18.0 Å². The number of anilines is 1. The Balaban J connectivity index is 1.96. The van der Waals surface area contributed by atoms with E-state index >= 15 is 0 Å². The molecular weight excluding hydrogens is 290 g/mol. The lowest BCUT2D eigenvalue weighted by atomic mass is 10.1. The van der Waals surface area contributed by atoms with Gasteiger partial charge in [-0.15, -0.1) is 11.8 Å². The molecule has 0 aliphatic rings. The highest BCUT2D eigenvalue weighted by molar-refractivity contribution is 7.99. The van der Waals surface area contributed by atoms with Gasteiger partial charge in [-0.2, -0.15) is 0 Å². The first-order chi connectivity index (χ1) is 9.70. The Labute approximate surface area is 128 Å². The summed E-state index contributed by atoms with van der Waals surface area (Å²) in [6, 6.07) is 10.1. The second-order valence-electron chi connectivity index (χ2n) is 4.51. The molecule has 20 heavy (non-hydrogen) atoms. The number of hydrogen-bond acceptors (Lipinski definition) is 4. The Kier molecular flexibility index (Phi) is 5.71. The van der Waals surface area contributed by atoms with E-state index in [2.05, 4.69) is 10.3 Å². The Morgan fingerprint density at radius 2 is 2.15 bits per heavy atom. The number of likely N-dealkylation sites (N-methyl/N-ethyl adjacent to an activating group) is 1. The summed E-state index contributed by atoms with van der Waals surface area (Å²) in [5, 5.41) is 4.12. The van der Waals surface area contributed by atoms with Crippen LogP contribution in [-0.4, -0.2) is 23.8 Å². The molecule has 1 heterocycles. The van der Waals surface area contributed by atoms with Gasteiger partial charge in [0.05, 0.1) is 5.02 Å². The molecule has 0 spiro atoms. The number of nitrogens with zero attached hydrogens (tertiary/aromatic N) is 1. The minimum atomic E-state index is 0.322. The predicted molar refractivity (Wildman–Crippen MR) is 87.4 cm³/mol. The number of nitrogens with two attached hydrogens (primary N) is 1. The third kappa shape index (κ3) is 4.13. The molecule has 0 radical (unpaired) electrons. The molecule has 0 fully saturated rings. The Bertz CT molecular complexity index is 562. The van der Waals surface area contributed by atoms with Gasteiger partial charge in [-0.25, -0.2) is 0 Å². The fourth-order valence-corrected chi connectivity index (χ4v) is 3.22. The Morgan fingerprint density at radius 1 is 1.35 bits per heavy atom. The van der Waals surface area contributed by atoms with Crippen LogP contribution >= 0.6 is 23.4 Å². The largest absolute Gasteiger partial charge is 0.398 e. The molecule has 0 aliphatic carbocycles. The van der Waals surface area contributed by atoms with E-state index < -0.39 is 0 Å². The van der Waals surface area contributed by atoms with Gasteiger partial charge < -0.3 is 11.1 Å². The van der Waals surface area contributed by atoms with Crippen LogP contribution in [0.4, 0.5) is 5.69 Å². The van der Waals surface area contributed by atoms with Crippen LogP contribution in [0, 0.1) is 0 Å². The van der Waals surface area contributed by atoms with Crippen molar-refractivity contribution >= 4 is 29.1 Å². The molecule has 0 amide bonds. The molecule has 3 nitrogen and oxygen atoms in total. The fraction of sp³-hybridized carbons (Fsp3) is 0.267. The molecular formula is C15H18ClN3S. The third-order valence-electron chi connectivity index (χ3n) is 3.09. The van der Waals surface area contributed by atoms with Crippen LogP contribution in [0.1, 0.15) is 5.56 Å². The Hall–Kier alpha value is -1.23. The SMILES string of the molecule is CNC(CSc1ccccc1Cl)Cc1cnccc1N. The van der Waals surface area contributed by atoms with Crippen LogP contribution in [-0.2, 0) is 6.42 Å². The van der Waals surface area contributed by atoms with Crippen molar-refractivity contribution in [3.63, 3.8) is 0 Å². The molecule has 0 aliphatic heterocycles. The monoisotopic (exact) mass is 307 g/mol. The summed E-state index contributed by atoms with van der Waals surface area (Å²) in [5.41, 5.74) is 7.83. The molecule has 2 aromatic rings. The lowest BCUT2D eigenvalue weighted by Crippen LogP contribution is -2.30. The van der Waals surface area contributed by atoms with Crippen LogP contribution in [0.15, 0.2) is 47.6 Å². The van der Waals surface area contributed by atoms with E-state index in [-0.39, 0.29) is 0 Å². The number of nitrogen functional groups attached to an aromatic ring is 1. The highest BCUT2D eigenvalue weighted by Gasteiger charge is 2.11. The average molecular weight is 308 g/mol. The molecule has 1 atom stereocenters. The standard InChI is InChI=1S/C15H18ClN3S/c1-18-12(8-11-9-19-7-6-14(11)17)10-20-15-5-3-2-4-13(15)16/h2-7,9,12,18H,8,10H2,1H3,(H2,17,19). The number of aromatic nitrogens is 1. The van der Waals surface area contributed by atoms with Gasteiger partial charge in [0.2, 0.25) is 0 Å². The van der Waals surface area contributed by atoms with Crippen molar-refractivity contribution in [2.75, 3.05) is 18.5 Å². The minimum absolute atomic E-state index is 0.322. The number of hydrogen-bond donors (Lipinski definition) is 2. The van der Waals surface area contributed by atoms with Gasteiger partial charge in [-0.3, -0.25) is 4.98 Å². The number of pyridine rings is 1. The van der Waals surface area contributed by atoms with Crippen molar-refractivity contribution in [3.8, 4) is 0 Å². The van der Waals surface area contributed by atoms with Crippen LogP contribution in [0.25, 0.3) is 0 Å². The molecule has 5 heteroatoms. The van der Waals surface area contributed by atoms with Crippen molar-refractivity contribution in [1.29, 1.82) is 0 Å². The zero-order valence-electron chi connectivity index (χ0n) is 11.3. The number of thioether (sulfide) groups is 1. The predicted octanol–water partition coefficient (Wildman–Crippen LogP) is 3.24. The summed E-state index contributed by atoms with van der Waals surface area (Å²) in [7, 11) is 1.96. The number of benzene rings is 1. The molecule has 1 unspecified atom stereocenters. The first-order valence-corrected chi connectivity index (χ1v) is 7.80. The molecule has 1 aromatic heterocycles. The minimum Gasteiger partial charge on any atom is -0.398 e. The summed E-state index contributed by atoms with van der Waals surface area (Å²) < 4.78 is 0. The van der Waals surface area contributed by atoms with Crippen molar-refractivity contribution < 1.29 is 0 Å². The van der Waals surface area contributed by atoms with Crippen LogP contribution in [0.5, 0.6) is 0 Å². The first-order valence-electron chi connectivity index (χ1n) is 6.43. The highest BCUT2D eigenvalue weighted by Crippen LogP contribution is 2.27. The fourth-order valence-electron chi connectivity index (χ4n) is 1.87. The van der Waals surface area contributed by atoms with Crippen molar-refractivity contribution in [3.05, 3.63) is 53.3 Å². The second-order valence-corrected chi connectivity index (χ2v) is 5.97. The van der Waals surface area contributed by atoms with E-state index in [1.807, 2.05) is 43.6 Å².